The minimum atomic E-state index is -0.0171. The summed E-state index contributed by atoms with van der Waals surface area (Å²) >= 11 is 0. The van der Waals surface area contributed by atoms with E-state index < -0.39 is 0 Å². The van der Waals surface area contributed by atoms with Gasteiger partial charge >= 0.3 is 0 Å². The van der Waals surface area contributed by atoms with E-state index in [0.717, 1.165) is 13.1 Å². The lowest BCUT2D eigenvalue weighted by molar-refractivity contribution is 0.114. The second-order valence-electron chi connectivity index (χ2n) is 4.27. The second kappa shape index (κ2) is 5.07. The Morgan fingerprint density at radius 3 is 2.57 bits per heavy atom. The molecule has 0 amide bonds. The Hall–Kier alpha value is -0.160. The minimum Gasteiger partial charge on any atom is -0.300 e. The van der Waals surface area contributed by atoms with Gasteiger partial charge in [0, 0.05) is 25.2 Å². The maximum atomic E-state index is 8.74. The van der Waals surface area contributed by atoms with Gasteiger partial charge in [0.2, 0.25) is 0 Å². The first-order chi connectivity index (χ1) is 6.56. The Labute approximate surface area is 88.5 Å². The highest BCUT2D eigenvalue weighted by atomic mass is 31.1. The molecule has 0 aromatic heterocycles. The van der Waals surface area contributed by atoms with E-state index in [1.807, 2.05) is 0 Å². The lowest BCUT2D eigenvalue weighted by Crippen LogP contribution is -2.53. The lowest BCUT2D eigenvalue weighted by Gasteiger charge is -2.44. The van der Waals surface area contributed by atoms with Gasteiger partial charge in [-0.2, -0.15) is 5.26 Å². The molecule has 0 radical (unpaired) electrons. The predicted octanol–water partition coefficient (Wildman–Crippen LogP) is 1.56. The first-order valence-corrected chi connectivity index (χ1v) is 7.26. The number of nitriles is 1. The molecule has 2 unspecified atom stereocenters. The van der Waals surface area contributed by atoms with Crippen molar-refractivity contribution in [2.75, 3.05) is 33.5 Å². The molecular weight excluding hydrogens is 193 g/mol. The van der Waals surface area contributed by atoms with Crippen LogP contribution in [0.4, 0.5) is 0 Å². The van der Waals surface area contributed by atoms with Gasteiger partial charge in [0.25, 0.3) is 0 Å². The third kappa shape index (κ3) is 2.67. The Morgan fingerprint density at radius 1 is 1.43 bits per heavy atom. The summed E-state index contributed by atoms with van der Waals surface area (Å²) in [6.45, 7) is 9.01. The quantitative estimate of drug-likeness (QED) is 0.652. The summed E-state index contributed by atoms with van der Waals surface area (Å²) in [6.07, 6.45) is 0.656. The first kappa shape index (κ1) is 11.9. The number of hydrogen-bond donors (Lipinski definition) is 0. The fourth-order valence-corrected chi connectivity index (χ4v) is 3.46. The smallest absolute Gasteiger partial charge is 0.0638 e. The second-order valence-corrected chi connectivity index (χ2v) is 6.48. The molecule has 80 valence electrons. The SMILES string of the molecule is CC1CN(C)C(CC#N)CN1P(C)C. The van der Waals surface area contributed by atoms with Crippen LogP contribution >= 0.6 is 8.07 Å². The zero-order valence-electron chi connectivity index (χ0n) is 9.56. The van der Waals surface area contributed by atoms with Crippen molar-refractivity contribution in [3.63, 3.8) is 0 Å². The number of rotatable bonds is 2. The molecule has 1 heterocycles. The van der Waals surface area contributed by atoms with Crippen LogP contribution in [-0.4, -0.2) is 55.1 Å². The molecule has 1 aliphatic heterocycles. The van der Waals surface area contributed by atoms with Gasteiger partial charge in [-0.05, 0) is 35.4 Å². The topological polar surface area (TPSA) is 30.3 Å². The molecule has 2 atom stereocenters. The molecule has 0 spiro atoms. The minimum absolute atomic E-state index is 0.0171. The molecule has 0 aromatic rings. The summed E-state index contributed by atoms with van der Waals surface area (Å²) in [7, 11) is 2.11. The summed E-state index contributed by atoms with van der Waals surface area (Å²) in [4.78, 5) is 2.32. The lowest BCUT2D eigenvalue weighted by atomic mass is 10.1. The van der Waals surface area contributed by atoms with E-state index in [9.17, 15) is 0 Å². The van der Waals surface area contributed by atoms with Crippen LogP contribution in [0.25, 0.3) is 0 Å². The van der Waals surface area contributed by atoms with Crippen LogP contribution in [0.15, 0.2) is 0 Å². The van der Waals surface area contributed by atoms with Crippen LogP contribution in [0.3, 0.4) is 0 Å². The normalized spacial score (nSPS) is 30.6. The molecular formula is C10H20N3P. The predicted molar refractivity (Wildman–Crippen MR) is 61.6 cm³/mol. The van der Waals surface area contributed by atoms with E-state index in [1.54, 1.807) is 0 Å². The molecule has 0 aliphatic carbocycles. The number of piperazine rings is 1. The number of likely N-dealkylation sites (N-methyl/N-ethyl adjacent to an activating group) is 1. The van der Waals surface area contributed by atoms with Crippen LogP contribution in [-0.2, 0) is 0 Å². The highest BCUT2D eigenvalue weighted by Crippen LogP contribution is 2.36. The van der Waals surface area contributed by atoms with Gasteiger partial charge in [0.1, 0.15) is 0 Å². The van der Waals surface area contributed by atoms with Crippen molar-refractivity contribution >= 4 is 8.07 Å². The summed E-state index contributed by atoms with van der Waals surface area (Å²) in [5.74, 6) is 0. The highest BCUT2D eigenvalue weighted by molar-refractivity contribution is 7.53. The molecule has 1 saturated heterocycles. The summed E-state index contributed by atoms with van der Waals surface area (Å²) < 4.78 is 2.55. The van der Waals surface area contributed by atoms with E-state index in [2.05, 4.69) is 42.9 Å². The van der Waals surface area contributed by atoms with Gasteiger partial charge < -0.3 is 0 Å². The molecule has 3 nitrogen and oxygen atoms in total. The van der Waals surface area contributed by atoms with E-state index >= 15 is 0 Å². The molecule has 0 aromatic carbocycles. The Bertz CT molecular complexity index is 224. The van der Waals surface area contributed by atoms with Crippen molar-refractivity contribution in [2.24, 2.45) is 0 Å². The average molecular weight is 213 g/mol. The van der Waals surface area contributed by atoms with Gasteiger partial charge in [-0.1, -0.05) is 0 Å². The molecule has 1 fully saturated rings. The van der Waals surface area contributed by atoms with Crippen LogP contribution in [0.2, 0.25) is 0 Å². The summed E-state index contributed by atoms with van der Waals surface area (Å²) in [6, 6.07) is 3.35. The first-order valence-electron chi connectivity index (χ1n) is 5.07. The van der Waals surface area contributed by atoms with Crippen molar-refractivity contribution in [1.29, 1.82) is 5.26 Å². The van der Waals surface area contributed by atoms with E-state index in [0.29, 0.717) is 18.5 Å². The summed E-state index contributed by atoms with van der Waals surface area (Å²) in [5, 5.41) is 8.74. The summed E-state index contributed by atoms with van der Waals surface area (Å²) in [5.41, 5.74) is 0. The van der Waals surface area contributed by atoms with Gasteiger partial charge in [0.15, 0.2) is 0 Å². The van der Waals surface area contributed by atoms with Crippen LogP contribution < -0.4 is 0 Å². The van der Waals surface area contributed by atoms with Crippen molar-refractivity contribution < 1.29 is 0 Å². The fraction of sp³-hybridized carbons (Fsp3) is 0.900. The Kier molecular flexibility index (Phi) is 4.31. The maximum Gasteiger partial charge on any atom is 0.0638 e. The maximum absolute atomic E-state index is 8.74. The molecule has 1 aliphatic rings. The largest absolute Gasteiger partial charge is 0.300 e. The van der Waals surface area contributed by atoms with Gasteiger partial charge in [-0.15, -0.1) is 0 Å². The third-order valence-corrected chi connectivity index (χ3v) is 4.51. The molecule has 0 bridgehead atoms. The zero-order valence-corrected chi connectivity index (χ0v) is 10.5. The van der Waals surface area contributed by atoms with E-state index in [-0.39, 0.29) is 8.07 Å². The molecule has 14 heavy (non-hydrogen) atoms. The van der Waals surface area contributed by atoms with Gasteiger partial charge in [0.05, 0.1) is 12.5 Å². The van der Waals surface area contributed by atoms with Crippen LogP contribution in [0.1, 0.15) is 13.3 Å². The zero-order chi connectivity index (χ0) is 10.7. The highest BCUT2D eigenvalue weighted by Gasteiger charge is 2.30. The van der Waals surface area contributed by atoms with Crippen molar-refractivity contribution in [2.45, 2.75) is 25.4 Å². The van der Waals surface area contributed by atoms with E-state index in [4.69, 9.17) is 5.26 Å². The molecule has 0 N–H and O–H groups in total. The van der Waals surface area contributed by atoms with Crippen molar-refractivity contribution in [3.05, 3.63) is 0 Å². The van der Waals surface area contributed by atoms with E-state index in [1.165, 1.54) is 0 Å². The molecule has 1 rings (SSSR count). The van der Waals surface area contributed by atoms with Gasteiger partial charge in [-0.25, -0.2) is 0 Å². The van der Waals surface area contributed by atoms with Crippen LogP contribution in [0.5, 0.6) is 0 Å². The van der Waals surface area contributed by atoms with Crippen molar-refractivity contribution in [3.8, 4) is 6.07 Å². The number of nitrogens with zero attached hydrogens (tertiary/aromatic N) is 3. The molecule has 0 saturated carbocycles. The third-order valence-electron chi connectivity index (χ3n) is 2.92. The fourth-order valence-electron chi connectivity index (χ4n) is 2.08. The van der Waals surface area contributed by atoms with Crippen molar-refractivity contribution in [1.82, 2.24) is 9.57 Å². The Morgan fingerprint density at radius 2 is 2.07 bits per heavy atom. The Balaban J connectivity index is 2.61. The van der Waals surface area contributed by atoms with Gasteiger partial charge in [-0.3, -0.25) is 9.57 Å². The monoisotopic (exact) mass is 213 g/mol. The number of hydrogen-bond acceptors (Lipinski definition) is 3. The molecule has 4 heteroatoms. The van der Waals surface area contributed by atoms with Crippen LogP contribution in [0, 0.1) is 11.3 Å². The standard InChI is InChI=1S/C10H20N3P/c1-9-7-12(2)10(5-6-11)8-13(9)14(3)4/h9-10H,5,7-8H2,1-4H3. The average Bonchev–Trinajstić information content (AvgIpc) is 2.09.